The minimum atomic E-state index is -3.42. The molecule has 3 rings (SSSR count). The van der Waals surface area contributed by atoms with Gasteiger partial charge in [0.05, 0.1) is 4.90 Å². The van der Waals surface area contributed by atoms with Crippen LogP contribution in [-0.2, 0) is 16.5 Å². The number of halogens is 1. The third kappa shape index (κ3) is 7.20. The van der Waals surface area contributed by atoms with Crippen molar-refractivity contribution in [3.63, 3.8) is 0 Å². The summed E-state index contributed by atoms with van der Waals surface area (Å²) in [6.07, 6.45) is 0. The molecule has 0 bridgehead atoms. The van der Waals surface area contributed by atoms with Gasteiger partial charge in [-0.2, -0.15) is 0 Å². The number of hydrogen-bond acceptors (Lipinski definition) is 3. The van der Waals surface area contributed by atoms with Gasteiger partial charge >= 0.3 is 6.03 Å². The molecule has 0 fully saturated rings. The first kappa shape index (κ1) is 28.9. The minimum Gasteiger partial charge on any atom is -0.305 e. The molecule has 0 aliphatic rings. The molecule has 3 aromatic carbocycles. The normalized spacial score (nSPS) is 13.2. The standard InChI is InChI=1S/C29H37ClN4O2S/c1-18(2)25-14-23(22-11-8-20(5)27(30)16-22)15-26(19(3)4)28(25)32-29(35)33-37(31,36)24-12-9-21(10-13-24)17-34(6)7/h8-16,18-19H,17H2,1-7H3,(H3,31,32,33,35,36). The summed E-state index contributed by atoms with van der Waals surface area (Å²) in [5.74, 6) is 0.222. The maximum Gasteiger partial charge on any atom is 0.354 e. The molecule has 0 heterocycles. The van der Waals surface area contributed by atoms with Gasteiger partial charge in [-0.25, -0.2) is 14.1 Å². The molecule has 8 heteroatoms. The Balaban J connectivity index is 2.01. The second-order valence-electron chi connectivity index (χ2n) is 10.3. The molecular formula is C29H37ClN4O2S. The lowest BCUT2D eigenvalue weighted by molar-refractivity contribution is 0.260. The zero-order chi connectivity index (χ0) is 27.5. The van der Waals surface area contributed by atoms with E-state index in [4.69, 9.17) is 16.7 Å². The van der Waals surface area contributed by atoms with Gasteiger partial charge in [0.25, 0.3) is 0 Å². The molecule has 3 aromatic rings. The molecule has 2 amide bonds. The average molecular weight is 541 g/mol. The Morgan fingerprint density at radius 3 is 2.03 bits per heavy atom. The van der Waals surface area contributed by atoms with Crippen LogP contribution in [0.25, 0.3) is 11.1 Å². The van der Waals surface area contributed by atoms with Gasteiger partial charge in [0.1, 0.15) is 9.92 Å². The highest BCUT2D eigenvalue weighted by Gasteiger charge is 2.20. The van der Waals surface area contributed by atoms with Gasteiger partial charge in [-0.05, 0) is 96.6 Å². The van der Waals surface area contributed by atoms with Gasteiger partial charge in [0.15, 0.2) is 0 Å². The number of aryl methyl sites for hydroxylation is 1. The van der Waals surface area contributed by atoms with Crippen molar-refractivity contribution in [3.8, 4) is 11.1 Å². The molecule has 0 aliphatic carbocycles. The third-order valence-electron chi connectivity index (χ3n) is 6.16. The van der Waals surface area contributed by atoms with Gasteiger partial charge in [-0.3, -0.25) is 0 Å². The fourth-order valence-electron chi connectivity index (χ4n) is 4.14. The van der Waals surface area contributed by atoms with Gasteiger partial charge in [-0.1, -0.05) is 63.6 Å². The predicted molar refractivity (Wildman–Crippen MR) is 156 cm³/mol. The van der Waals surface area contributed by atoms with E-state index in [-0.39, 0.29) is 11.8 Å². The summed E-state index contributed by atoms with van der Waals surface area (Å²) in [4.78, 5) is 15.4. The molecule has 0 saturated heterocycles. The zero-order valence-electron chi connectivity index (χ0n) is 22.6. The number of benzene rings is 3. The average Bonchev–Trinajstić information content (AvgIpc) is 2.80. The summed E-state index contributed by atoms with van der Waals surface area (Å²) >= 11 is 6.40. The molecule has 0 saturated carbocycles. The van der Waals surface area contributed by atoms with Crippen molar-refractivity contribution in [1.29, 1.82) is 0 Å². The number of urea groups is 1. The first-order chi connectivity index (χ1) is 17.3. The number of nitrogens with zero attached hydrogens (tertiary/aromatic N) is 2. The second kappa shape index (κ2) is 11.8. The lowest BCUT2D eigenvalue weighted by Crippen LogP contribution is -2.19. The van der Waals surface area contributed by atoms with Crippen LogP contribution in [-0.4, -0.2) is 29.2 Å². The quantitative estimate of drug-likeness (QED) is 0.324. The molecule has 1 unspecified atom stereocenters. The summed E-state index contributed by atoms with van der Waals surface area (Å²) < 4.78 is 17.1. The van der Waals surface area contributed by atoms with Crippen molar-refractivity contribution in [3.05, 3.63) is 81.9 Å². The first-order valence-electron chi connectivity index (χ1n) is 12.3. The van der Waals surface area contributed by atoms with Crippen LogP contribution < -0.4 is 10.5 Å². The van der Waals surface area contributed by atoms with Crippen LogP contribution in [0.3, 0.4) is 0 Å². The number of anilines is 1. The minimum absolute atomic E-state index is 0.111. The fourth-order valence-corrected chi connectivity index (χ4v) is 5.25. The molecular weight excluding hydrogens is 504 g/mol. The van der Waals surface area contributed by atoms with E-state index in [2.05, 4.69) is 49.5 Å². The summed E-state index contributed by atoms with van der Waals surface area (Å²) in [6, 6.07) is 16.4. The molecule has 37 heavy (non-hydrogen) atoms. The Hall–Kier alpha value is -2.71. The van der Waals surface area contributed by atoms with Gasteiger partial charge in [-0.15, -0.1) is 4.36 Å². The summed E-state index contributed by atoms with van der Waals surface area (Å²) in [5.41, 5.74) is 6.68. The van der Waals surface area contributed by atoms with E-state index >= 15 is 0 Å². The van der Waals surface area contributed by atoms with Crippen LogP contribution in [0.2, 0.25) is 5.02 Å². The number of nitrogens with one attached hydrogen (secondary N) is 1. The molecule has 1 atom stereocenters. The molecule has 198 valence electrons. The Kier molecular flexibility index (Phi) is 9.18. The largest absolute Gasteiger partial charge is 0.354 e. The Morgan fingerprint density at radius 1 is 0.973 bits per heavy atom. The van der Waals surface area contributed by atoms with Crippen LogP contribution in [0.15, 0.2) is 63.9 Å². The van der Waals surface area contributed by atoms with Crippen LogP contribution in [0, 0.1) is 6.92 Å². The monoisotopic (exact) mass is 540 g/mol. The maximum absolute atomic E-state index is 13.2. The van der Waals surface area contributed by atoms with Gasteiger partial charge in [0.2, 0.25) is 0 Å². The van der Waals surface area contributed by atoms with Crippen LogP contribution in [0.5, 0.6) is 0 Å². The topological polar surface area (TPSA) is 87.8 Å². The van der Waals surface area contributed by atoms with Gasteiger partial charge in [0, 0.05) is 17.3 Å². The Morgan fingerprint density at radius 2 is 1.54 bits per heavy atom. The highest BCUT2D eigenvalue weighted by Crippen LogP contribution is 2.38. The zero-order valence-corrected chi connectivity index (χ0v) is 24.2. The van der Waals surface area contributed by atoms with E-state index in [1.807, 2.05) is 56.3 Å². The van der Waals surface area contributed by atoms with Gasteiger partial charge < -0.3 is 10.2 Å². The lowest BCUT2D eigenvalue weighted by atomic mass is 9.88. The molecule has 0 aliphatic heterocycles. The smallest absolute Gasteiger partial charge is 0.305 e. The summed E-state index contributed by atoms with van der Waals surface area (Å²) in [6.45, 7) is 11.0. The molecule has 0 aromatic heterocycles. The van der Waals surface area contributed by atoms with E-state index in [0.717, 1.165) is 39.9 Å². The van der Waals surface area contributed by atoms with Crippen molar-refractivity contribution in [2.75, 3.05) is 19.4 Å². The molecule has 0 radical (unpaired) electrons. The Labute approximate surface area is 226 Å². The van der Waals surface area contributed by atoms with Crippen molar-refractivity contribution < 1.29 is 9.00 Å². The summed E-state index contributed by atoms with van der Waals surface area (Å²) in [5, 5.41) is 9.66. The van der Waals surface area contributed by atoms with Crippen LogP contribution in [0.1, 0.15) is 61.8 Å². The maximum atomic E-state index is 13.2. The number of carbonyl (C=O) groups is 1. The third-order valence-corrected chi connectivity index (χ3v) is 7.95. The molecule has 3 N–H and O–H groups in total. The van der Waals surface area contributed by atoms with Crippen LogP contribution in [0.4, 0.5) is 10.5 Å². The van der Waals surface area contributed by atoms with Crippen molar-refractivity contribution >= 4 is 33.2 Å². The Bertz CT molecular complexity index is 1380. The molecule has 0 spiro atoms. The number of nitrogens with two attached hydrogens (primary N) is 1. The number of carbonyl (C=O) groups excluding carboxylic acids is 1. The number of hydrogen-bond donors (Lipinski definition) is 2. The number of rotatable bonds is 7. The predicted octanol–water partition coefficient (Wildman–Crippen LogP) is 7.56. The van der Waals surface area contributed by atoms with Crippen molar-refractivity contribution in [2.24, 2.45) is 9.50 Å². The SMILES string of the molecule is Cc1ccc(-c2cc(C(C)C)c(NC(=O)N=S(N)(=O)c3ccc(CN(C)C)cc3)c(C(C)C)c2)cc1Cl. The highest BCUT2D eigenvalue weighted by atomic mass is 35.5. The molecule has 6 nitrogen and oxygen atoms in total. The van der Waals surface area contributed by atoms with E-state index in [0.29, 0.717) is 15.6 Å². The van der Waals surface area contributed by atoms with Crippen molar-refractivity contribution in [2.45, 2.75) is 57.9 Å². The van der Waals surface area contributed by atoms with E-state index in [1.165, 1.54) is 0 Å². The highest BCUT2D eigenvalue weighted by molar-refractivity contribution is 7.91. The second-order valence-corrected chi connectivity index (χ2v) is 12.5. The van der Waals surface area contributed by atoms with E-state index < -0.39 is 15.9 Å². The van der Waals surface area contributed by atoms with E-state index in [9.17, 15) is 9.00 Å². The summed E-state index contributed by atoms with van der Waals surface area (Å²) in [7, 11) is 0.526. The van der Waals surface area contributed by atoms with Crippen molar-refractivity contribution in [1.82, 2.24) is 4.90 Å². The van der Waals surface area contributed by atoms with Crippen LogP contribution >= 0.6 is 11.6 Å². The lowest BCUT2D eigenvalue weighted by Gasteiger charge is -2.22. The first-order valence-corrected chi connectivity index (χ1v) is 14.3. The van der Waals surface area contributed by atoms with E-state index in [1.54, 1.807) is 12.1 Å². The fraction of sp³-hybridized carbons (Fsp3) is 0.345. The number of amides is 2.